The lowest BCUT2D eigenvalue weighted by molar-refractivity contribution is 0.0358. The van der Waals surface area contributed by atoms with Gasteiger partial charge in [-0.25, -0.2) is 4.79 Å². The van der Waals surface area contributed by atoms with Gasteiger partial charge in [-0.05, 0) is 54.3 Å². The van der Waals surface area contributed by atoms with Crippen molar-refractivity contribution in [1.82, 2.24) is 14.8 Å². The lowest BCUT2D eigenvalue weighted by Gasteiger charge is -2.35. The molecule has 34 heavy (non-hydrogen) atoms. The zero-order valence-electron chi connectivity index (χ0n) is 19.4. The van der Waals surface area contributed by atoms with Crippen LogP contribution in [0, 0.1) is 0 Å². The van der Waals surface area contributed by atoms with E-state index in [1.807, 2.05) is 42.5 Å². The number of fused-ring (bicyclic) bond motifs is 3. The lowest BCUT2D eigenvalue weighted by atomic mass is 9.92. The summed E-state index contributed by atoms with van der Waals surface area (Å²) in [6.07, 6.45) is 1.38. The molecule has 7 nitrogen and oxygen atoms in total. The van der Waals surface area contributed by atoms with E-state index in [9.17, 15) is 4.79 Å². The van der Waals surface area contributed by atoms with E-state index in [1.54, 1.807) is 4.90 Å². The number of carbonyl (C=O) groups is 1. The van der Waals surface area contributed by atoms with Crippen LogP contribution in [0.3, 0.4) is 0 Å². The highest BCUT2D eigenvalue weighted by Crippen LogP contribution is 2.39. The fourth-order valence-corrected chi connectivity index (χ4v) is 5.14. The number of ether oxygens (including phenoxy) is 3. The van der Waals surface area contributed by atoms with Crippen LogP contribution < -0.4 is 4.74 Å². The molecule has 0 bridgehead atoms. The van der Waals surface area contributed by atoms with Crippen molar-refractivity contribution in [2.24, 2.45) is 0 Å². The summed E-state index contributed by atoms with van der Waals surface area (Å²) in [7, 11) is 1.42. The van der Waals surface area contributed by atoms with E-state index in [0.29, 0.717) is 18.2 Å². The number of aromatic nitrogens is 1. The molecule has 3 aromatic rings. The van der Waals surface area contributed by atoms with Gasteiger partial charge >= 0.3 is 6.09 Å². The number of hydrogen-bond acceptors (Lipinski definition) is 5. The van der Waals surface area contributed by atoms with Gasteiger partial charge in [0.2, 0.25) is 0 Å². The average Bonchev–Trinajstić information content (AvgIpc) is 3.24. The summed E-state index contributed by atoms with van der Waals surface area (Å²) < 4.78 is 16.5. The monoisotopic (exact) mass is 483 g/mol. The van der Waals surface area contributed by atoms with Crippen LogP contribution in [-0.4, -0.2) is 74.0 Å². The molecular weight excluding hydrogens is 454 g/mol. The van der Waals surface area contributed by atoms with Crippen LogP contribution in [-0.2, 0) is 15.9 Å². The van der Waals surface area contributed by atoms with Gasteiger partial charge in [0.05, 0.1) is 26.9 Å². The van der Waals surface area contributed by atoms with E-state index < -0.39 is 0 Å². The minimum absolute atomic E-state index is 0.266. The predicted octanol–water partition coefficient (Wildman–Crippen LogP) is 4.64. The van der Waals surface area contributed by atoms with Crippen LogP contribution in [0.2, 0.25) is 5.02 Å². The zero-order chi connectivity index (χ0) is 23.5. The Kier molecular flexibility index (Phi) is 6.94. The fraction of sp³-hybridized carbons (Fsp3) is 0.423. The van der Waals surface area contributed by atoms with E-state index in [1.165, 1.54) is 12.7 Å². The maximum absolute atomic E-state index is 12.6. The molecule has 8 heteroatoms. The number of nitrogens with one attached hydrogen (secondary N) is 1. The van der Waals surface area contributed by atoms with Crippen LogP contribution in [0.4, 0.5) is 4.79 Å². The standard InChI is InChI=1S/C26H30ClN3O4/c1-32-26(31)30-11-9-21-22-17-19(27)5-8-23(22)28-24(21)25(30)18-3-6-20(7-4-18)34-14-2-10-29-12-15-33-16-13-29/h3-8,17,25,28H,2,9-16H2,1H3. The second kappa shape index (κ2) is 10.3. The van der Waals surface area contributed by atoms with Crippen molar-refractivity contribution >= 4 is 28.6 Å². The number of amides is 1. The van der Waals surface area contributed by atoms with Crippen LogP contribution in [0.25, 0.3) is 10.9 Å². The van der Waals surface area contributed by atoms with Gasteiger partial charge in [0.1, 0.15) is 11.8 Å². The number of halogens is 1. The molecule has 2 aliphatic heterocycles. The lowest BCUT2D eigenvalue weighted by Crippen LogP contribution is -2.40. The van der Waals surface area contributed by atoms with Gasteiger partial charge in [-0.15, -0.1) is 0 Å². The zero-order valence-corrected chi connectivity index (χ0v) is 20.1. The van der Waals surface area contributed by atoms with E-state index >= 15 is 0 Å². The summed E-state index contributed by atoms with van der Waals surface area (Å²) in [5.74, 6) is 0.829. The first-order chi connectivity index (χ1) is 16.6. The molecule has 0 spiro atoms. The number of rotatable bonds is 6. The maximum Gasteiger partial charge on any atom is 0.410 e. The third-order valence-corrected chi connectivity index (χ3v) is 6.92. The van der Waals surface area contributed by atoms with Gasteiger partial charge in [-0.2, -0.15) is 0 Å². The Balaban J connectivity index is 1.33. The van der Waals surface area contributed by atoms with Crippen molar-refractivity contribution in [3.63, 3.8) is 0 Å². The minimum Gasteiger partial charge on any atom is -0.494 e. The second-order valence-electron chi connectivity index (χ2n) is 8.75. The van der Waals surface area contributed by atoms with Crippen LogP contribution in [0.15, 0.2) is 42.5 Å². The number of carbonyl (C=O) groups excluding carboxylic acids is 1. The Labute approximate surface area is 204 Å². The molecule has 0 radical (unpaired) electrons. The van der Waals surface area contributed by atoms with Crippen molar-refractivity contribution < 1.29 is 19.0 Å². The summed E-state index contributed by atoms with van der Waals surface area (Å²) in [5.41, 5.74) is 4.23. The molecule has 1 unspecified atom stereocenters. The Morgan fingerprint density at radius 1 is 1.15 bits per heavy atom. The molecule has 1 atom stereocenters. The SMILES string of the molecule is COC(=O)N1CCc2c([nH]c3ccc(Cl)cc23)C1c1ccc(OCCCN2CCOCC2)cc1. The van der Waals surface area contributed by atoms with Gasteiger partial charge in [-0.1, -0.05) is 23.7 Å². The summed E-state index contributed by atoms with van der Waals surface area (Å²) in [5, 5.41) is 1.81. The highest BCUT2D eigenvalue weighted by Gasteiger charge is 2.35. The molecule has 2 aromatic carbocycles. The number of morpholine rings is 1. The van der Waals surface area contributed by atoms with Gasteiger partial charge < -0.3 is 19.2 Å². The Morgan fingerprint density at radius 3 is 2.71 bits per heavy atom. The van der Waals surface area contributed by atoms with Gasteiger partial charge in [0.25, 0.3) is 0 Å². The normalized spacial score (nSPS) is 18.6. The van der Waals surface area contributed by atoms with Gasteiger partial charge in [-0.3, -0.25) is 9.80 Å². The Morgan fingerprint density at radius 2 is 1.94 bits per heavy atom. The number of benzene rings is 2. The largest absolute Gasteiger partial charge is 0.494 e. The molecule has 180 valence electrons. The number of H-pyrrole nitrogens is 1. The summed E-state index contributed by atoms with van der Waals surface area (Å²) in [6.45, 7) is 5.88. The molecule has 5 rings (SSSR count). The van der Waals surface area contributed by atoms with Crippen LogP contribution in [0.1, 0.15) is 29.3 Å². The van der Waals surface area contributed by atoms with E-state index in [4.69, 9.17) is 25.8 Å². The van der Waals surface area contributed by atoms with Crippen molar-refractivity contribution in [3.8, 4) is 5.75 Å². The van der Waals surface area contributed by atoms with Crippen LogP contribution >= 0.6 is 11.6 Å². The topological polar surface area (TPSA) is 67.0 Å². The third kappa shape index (κ3) is 4.73. The van der Waals surface area contributed by atoms with E-state index in [0.717, 1.165) is 73.6 Å². The molecule has 1 amide bonds. The van der Waals surface area contributed by atoms with Crippen molar-refractivity contribution in [2.75, 3.05) is 53.1 Å². The van der Waals surface area contributed by atoms with Gasteiger partial charge in [0.15, 0.2) is 0 Å². The van der Waals surface area contributed by atoms with Crippen LogP contribution in [0.5, 0.6) is 5.75 Å². The van der Waals surface area contributed by atoms with Crippen molar-refractivity contribution in [1.29, 1.82) is 0 Å². The summed E-state index contributed by atoms with van der Waals surface area (Å²) in [6, 6.07) is 13.6. The first-order valence-electron chi connectivity index (χ1n) is 11.8. The molecule has 1 fully saturated rings. The van der Waals surface area contributed by atoms with Gasteiger partial charge in [0, 0.05) is 47.8 Å². The highest BCUT2D eigenvalue weighted by atomic mass is 35.5. The number of methoxy groups -OCH3 is 1. The molecule has 2 aliphatic rings. The predicted molar refractivity (Wildman–Crippen MR) is 132 cm³/mol. The first-order valence-corrected chi connectivity index (χ1v) is 12.2. The quantitative estimate of drug-likeness (QED) is 0.517. The molecule has 1 aromatic heterocycles. The first kappa shape index (κ1) is 23.0. The number of aromatic amines is 1. The molecule has 0 aliphatic carbocycles. The van der Waals surface area contributed by atoms with E-state index in [-0.39, 0.29) is 12.1 Å². The second-order valence-corrected chi connectivity index (χ2v) is 9.18. The Hall–Kier alpha value is -2.74. The van der Waals surface area contributed by atoms with Crippen molar-refractivity contribution in [2.45, 2.75) is 18.9 Å². The van der Waals surface area contributed by atoms with Crippen molar-refractivity contribution in [3.05, 3.63) is 64.3 Å². The Bertz CT molecular complexity index is 1140. The maximum atomic E-state index is 12.6. The molecule has 0 saturated carbocycles. The summed E-state index contributed by atoms with van der Waals surface area (Å²) >= 11 is 6.27. The summed E-state index contributed by atoms with van der Waals surface area (Å²) in [4.78, 5) is 20.4. The smallest absolute Gasteiger partial charge is 0.410 e. The third-order valence-electron chi connectivity index (χ3n) is 6.69. The molecule has 3 heterocycles. The number of hydrogen-bond donors (Lipinski definition) is 1. The highest BCUT2D eigenvalue weighted by molar-refractivity contribution is 6.31. The molecular formula is C26H30ClN3O4. The van der Waals surface area contributed by atoms with E-state index in [2.05, 4.69) is 9.88 Å². The minimum atomic E-state index is -0.337. The molecule has 1 saturated heterocycles. The molecule has 1 N–H and O–H groups in total. The average molecular weight is 484 g/mol. The number of nitrogens with zero attached hydrogens (tertiary/aromatic N) is 2. The fourth-order valence-electron chi connectivity index (χ4n) is 4.97.